The van der Waals surface area contributed by atoms with E-state index in [2.05, 4.69) is 12.2 Å². The van der Waals surface area contributed by atoms with Gasteiger partial charge in [0.1, 0.15) is 18.2 Å². The van der Waals surface area contributed by atoms with Crippen molar-refractivity contribution in [3.05, 3.63) is 30.1 Å². The van der Waals surface area contributed by atoms with E-state index in [1.807, 2.05) is 0 Å². The number of nitrogens with one attached hydrogen (secondary N) is 1. The molecule has 16 heavy (non-hydrogen) atoms. The van der Waals surface area contributed by atoms with Crippen LogP contribution in [0.3, 0.4) is 0 Å². The van der Waals surface area contributed by atoms with E-state index in [0.29, 0.717) is 12.6 Å². The molecule has 1 atom stereocenters. The zero-order chi connectivity index (χ0) is 11.4. The van der Waals surface area contributed by atoms with Gasteiger partial charge in [0, 0.05) is 6.04 Å². The van der Waals surface area contributed by atoms with Crippen molar-refractivity contribution < 1.29 is 9.13 Å². The lowest BCUT2D eigenvalue weighted by Gasteiger charge is -2.17. The van der Waals surface area contributed by atoms with Crippen LogP contribution in [0.2, 0.25) is 0 Å². The Bertz CT molecular complexity index is 321. The summed E-state index contributed by atoms with van der Waals surface area (Å²) in [5.41, 5.74) is 0. The van der Waals surface area contributed by atoms with Crippen LogP contribution in [0.25, 0.3) is 0 Å². The average Bonchev–Trinajstić information content (AvgIpc) is 3.10. The fourth-order valence-electron chi connectivity index (χ4n) is 1.84. The number of hydrogen-bond acceptors (Lipinski definition) is 2. The van der Waals surface area contributed by atoms with Gasteiger partial charge in [0.15, 0.2) is 0 Å². The summed E-state index contributed by atoms with van der Waals surface area (Å²) in [5.74, 6) is 1.28. The summed E-state index contributed by atoms with van der Waals surface area (Å²) in [4.78, 5) is 0. The van der Waals surface area contributed by atoms with Crippen molar-refractivity contribution in [2.75, 3.05) is 13.2 Å². The second-order valence-electron chi connectivity index (χ2n) is 4.27. The van der Waals surface area contributed by atoms with E-state index in [-0.39, 0.29) is 5.82 Å². The van der Waals surface area contributed by atoms with Crippen molar-refractivity contribution in [3.8, 4) is 5.75 Å². The van der Waals surface area contributed by atoms with Gasteiger partial charge in [-0.15, -0.1) is 0 Å². The Kier molecular flexibility index (Phi) is 3.78. The molecule has 3 heteroatoms. The SMILES string of the molecule is CCNC(COc1ccc(F)cc1)C1CC1. The minimum Gasteiger partial charge on any atom is -0.492 e. The third-order valence-corrected chi connectivity index (χ3v) is 2.90. The average molecular weight is 223 g/mol. The molecule has 1 aliphatic carbocycles. The van der Waals surface area contributed by atoms with Gasteiger partial charge in [0.2, 0.25) is 0 Å². The third kappa shape index (κ3) is 3.20. The minimum absolute atomic E-state index is 0.224. The molecule has 1 fully saturated rings. The van der Waals surface area contributed by atoms with Gasteiger partial charge in [-0.1, -0.05) is 6.92 Å². The second-order valence-corrected chi connectivity index (χ2v) is 4.27. The Morgan fingerprint density at radius 3 is 2.62 bits per heavy atom. The molecule has 88 valence electrons. The molecule has 1 N–H and O–H groups in total. The highest BCUT2D eigenvalue weighted by Crippen LogP contribution is 2.32. The maximum Gasteiger partial charge on any atom is 0.123 e. The predicted molar refractivity (Wildman–Crippen MR) is 62.1 cm³/mol. The molecule has 0 bridgehead atoms. The molecule has 2 nitrogen and oxygen atoms in total. The molecule has 1 saturated carbocycles. The lowest BCUT2D eigenvalue weighted by molar-refractivity contribution is 0.251. The monoisotopic (exact) mass is 223 g/mol. The van der Waals surface area contributed by atoms with E-state index >= 15 is 0 Å². The number of rotatable bonds is 6. The summed E-state index contributed by atoms with van der Waals surface area (Å²) < 4.78 is 18.3. The van der Waals surface area contributed by atoms with E-state index in [9.17, 15) is 4.39 Å². The van der Waals surface area contributed by atoms with Gasteiger partial charge in [0.05, 0.1) is 0 Å². The molecule has 1 aromatic rings. The number of halogens is 1. The molecule has 0 spiro atoms. The highest BCUT2D eigenvalue weighted by Gasteiger charge is 2.30. The van der Waals surface area contributed by atoms with Gasteiger partial charge in [-0.2, -0.15) is 0 Å². The second kappa shape index (κ2) is 5.30. The maximum absolute atomic E-state index is 12.7. The molecule has 0 aromatic heterocycles. The lowest BCUT2D eigenvalue weighted by Crippen LogP contribution is -2.36. The molecule has 0 heterocycles. The first-order valence-electron chi connectivity index (χ1n) is 5.91. The van der Waals surface area contributed by atoms with Crippen LogP contribution >= 0.6 is 0 Å². The summed E-state index contributed by atoms with van der Waals surface area (Å²) in [6.45, 7) is 3.74. The van der Waals surface area contributed by atoms with Crippen molar-refractivity contribution in [2.45, 2.75) is 25.8 Å². The highest BCUT2D eigenvalue weighted by atomic mass is 19.1. The van der Waals surface area contributed by atoms with Crippen molar-refractivity contribution in [2.24, 2.45) is 5.92 Å². The van der Waals surface area contributed by atoms with Gasteiger partial charge < -0.3 is 10.1 Å². The first kappa shape index (κ1) is 11.4. The number of likely N-dealkylation sites (N-methyl/N-ethyl adjacent to an activating group) is 1. The quantitative estimate of drug-likeness (QED) is 0.800. The van der Waals surface area contributed by atoms with Crippen LogP contribution in [0.4, 0.5) is 4.39 Å². The maximum atomic E-state index is 12.7. The van der Waals surface area contributed by atoms with Gasteiger partial charge >= 0.3 is 0 Å². The van der Waals surface area contributed by atoms with Crippen molar-refractivity contribution in [1.29, 1.82) is 0 Å². The molecule has 0 saturated heterocycles. The van der Waals surface area contributed by atoms with E-state index in [1.165, 1.54) is 25.0 Å². The zero-order valence-corrected chi connectivity index (χ0v) is 9.58. The van der Waals surface area contributed by atoms with E-state index in [1.54, 1.807) is 12.1 Å². The molecule has 0 amide bonds. The molecule has 1 unspecified atom stereocenters. The fraction of sp³-hybridized carbons (Fsp3) is 0.538. The summed E-state index contributed by atoms with van der Waals surface area (Å²) in [6, 6.07) is 6.63. The van der Waals surface area contributed by atoms with Crippen LogP contribution in [-0.2, 0) is 0 Å². The summed E-state index contributed by atoms with van der Waals surface area (Å²) in [5, 5.41) is 3.43. The van der Waals surface area contributed by atoms with Crippen molar-refractivity contribution >= 4 is 0 Å². The molecular weight excluding hydrogens is 205 g/mol. The Morgan fingerprint density at radius 2 is 2.06 bits per heavy atom. The van der Waals surface area contributed by atoms with Gasteiger partial charge in [-0.25, -0.2) is 4.39 Å². The summed E-state index contributed by atoms with van der Waals surface area (Å²) in [7, 11) is 0. The predicted octanol–water partition coefficient (Wildman–Crippen LogP) is 2.59. The Balaban J connectivity index is 1.82. The smallest absolute Gasteiger partial charge is 0.123 e. The molecule has 0 radical (unpaired) electrons. The van der Waals surface area contributed by atoms with Crippen LogP contribution in [0.5, 0.6) is 5.75 Å². The minimum atomic E-state index is -0.224. The molecule has 1 aliphatic rings. The van der Waals surface area contributed by atoms with Crippen molar-refractivity contribution in [3.63, 3.8) is 0 Å². The molecule has 1 aromatic carbocycles. The number of ether oxygens (including phenoxy) is 1. The summed E-state index contributed by atoms with van der Waals surface area (Å²) >= 11 is 0. The van der Waals surface area contributed by atoms with Crippen LogP contribution in [0, 0.1) is 11.7 Å². The molecular formula is C13H18FNO. The standard InChI is InChI=1S/C13H18FNO/c1-2-15-13(10-3-4-10)9-16-12-7-5-11(14)6-8-12/h5-8,10,13,15H,2-4,9H2,1H3. The van der Waals surface area contributed by atoms with Crippen LogP contribution < -0.4 is 10.1 Å². The third-order valence-electron chi connectivity index (χ3n) is 2.90. The van der Waals surface area contributed by atoms with Crippen molar-refractivity contribution in [1.82, 2.24) is 5.32 Å². The van der Waals surface area contributed by atoms with Gasteiger partial charge in [-0.05, 0) is 49.6 Å². The van der Waals surface area contributed by atoms with E-state index in [4.69, 9.17) is 4.74 Å². The normalized spacial score (nSPS) is 17.1. The first-order valence-corrected chi connectivity index (χ1v) is 5.91. The Morgan fingerprint density at radius 1 is 1.38 bits per heavy atom. The largest absolute Gasteiger partial charge is 0.492 e. The van der Waals surface area contributed by atoms with E-state index in [0.717, 1.165) is 18.2 Å². The molecule has 2 rings (SSSR count). The highest BCUT2D eigenvalue weighted by molar-refractivity contribution is 5.22. The van der Waals surface area contributed by atoms with Crippen LogP contribution in [0.1, 0.15) is 19.8 Å². The number of benzene rings is 1. The number of hydrogen-bond donors (Lipinski definition) is 1. The zero-order valence-electron chi connectivity index (χ0n) is 9.58. The van der Waals surface area contributed by atoms with E-state index < -0.39 is 0 Å². The Hall–Kier alpha value is -1.09. The van der Waals surface area contributed by atoms with Gasteiger partial charge in [-0.3, -0.25) is 0 Å². The molecule has 0 aliphatic heterocycles. The fourth-order valence-corrected chi connectivity index (χ4v) is 1.84. The topological polar surface area (TPSA) is 21.3 Å². The lowest BCUT2D eigenvalue weighted by atomic mass is 10.2. The first-order chi connectivity index (χ1) is 7.79. The van der Waals surface area contributed by atoms with Crippen LogP contribution in [0.15, 0.2) is 24.3 Å². The van der Waals surface area contributed by atoms with Crippen LogP contribution in [-0.4, -0.2) is 19.2 Å². The summed E-state index contributed by atoms with van der Waals surface area (Å²) in [6.07, 6.45) is 2.59. The Labute approximate surface area is 95.8 Å². The van der Waals surface area contributed by atoms with Gasteiger partial charge in [0.25, 0.3) is 0 Å².